The molecule has 1 N–H and O–H groups in total. The Morgan fingerprint density at radius 1 is 1.08 bits per heavy atom. The molecular formula is C19H17N3O2. The third kappa shape index (κ3) is 3.20. The highest BCUT2D eigenvalue weighted by atomic mass is 16.5. The van der Waals surface area contributed by atoms with E-state index >= 15 is 0 Å². The van der Waals surface area contributed by atoms with Gasteiger partial charge in [-0.3, -0.25) is 4.79 Å². The summed E-state index contributed by atoms with van der Waals surface area (Å²) >= 11 is 0. The highest BCUT2D eigenvalue weighted by molar-refractivity contribution is 5.94. The molecule has 0 aliphatic heterocycles. The Hall–Kier alpha value is -2.95. The first kappa shape index (κ1) is 14.6. The van der Waals surface area contributed by atoms with Crippen LogP contribution >= 0.6 is 0 Å². The van der Waals surface area contributed by atoms with Gasteiger partial charge in [0.25, 0.3) is 5.91 Å². The van der Waals surface area contributed by atoms with E-state index < -0.39 is 0 Å². The normalized spacial score (nSPS) is 13.7. The van der Waals surface area contributed by atoms with E-state index in [-0.39, 0.29) is 5.91 Å². The van der Waals surface area contributed by atoms with E-state index in [0.29, 0.717) is 23.9 Å². The number of amides is 1. The number of nitrogens with zero attached hydrogens (tertiary/aromatic N) is 2. The van der Waals surface area contributed by atoms with E-state index in [1.54, 1.807) is 12.1 Å². The lowest BCUT2D eigenvalue weighted by atomic mass is 10.1. The van der Waals surface area contributed by atoms with Crippen LogP contribution in [0.25, 0.3) is 11.4 Å². The summed E-state index contributed by atoms with van der Waals surface area (Å²) in [6.45, 7) is 0.511. The second kappa shape index (κ2) is 6.28. The van der Waals surface area contributed by atoms with Crippen LogP contribution < -0.4 is 5.32 Å². The van der Waals surface area contributed by atoms with Crippen molar-refractivity contribution < 1.29 is 9.32 Å². The van der Waals surface area contributed by atoms with Gasteiger partial charge >= 0.3 is 0 Å². The van der Waals surface area contributed by atoms with Gasteiger partial charge in [-0.05, 0) is 30.5 Å². The smallest absolute Gasteiger partial charge is 0.251 e. The average Bonchev–Trinajstić information content (AvgIpc) is 3.38. The zero-order valence-corrected chi connectivity index (χ0v) is 13.1. The van der Waals surface area contributed by atoms with Crippen LogP contribution in [0.5, 0.6) is 0 Å². The first-order chi connectivity index (χ1) is 11.8. The van der Waals surface area contributed by atoms with Crippen LogP contribution in [0.4, 0.5) is 0 Å². The topological polar surface area (TPSA) is 68.0 Å². The molecule has 1 aliphatic rings. The lowest BCUT2D eigenvalue weighted by molar-refractivity contribution is 0.0951. The quantitative estimate of drug-likeness (QED) is 0.781. The van der Waals surface area contributed by atoms with Crippen LogP contribution in [0.2, 0.25) is 0 Å². The zero-order valence-electron chi connectivity index (χ0n) is 13.1. The summed E-state index contributed by atoms with van der Waals surface area (Å²) in [5, 5.41) is 6.92. The summed E-state index contributed by atoms with van der Waals surface area (Å²) in [4.78, 5) is 16.6. The van der Waals surface area contributed by atoms with Crippen molar-refractivity contribution in [2.75, 3.05) is 0 Å². The minimum atomic E-state index is -0.0998. The molecule has 0 unspecified atom stereocenters. The fourth-order valence-electron chi connectivity index (χ4n) is 2.50. The largest absolute Gasteiger partial charge is 0.348 e. The van der Waals surface area contributed by atoms with Gasteiger partial charge in [0.1, 0.15) is 0 Å². The molecule has 4 rings (SSSR count). The van der Waals surface area contributed by atoms with E-state index in [4.69, 9.17) is 4.52 Å². The molecule has 1 saturated carbocycles. The number of carbonyl (C=O) groups is 1. The Kier molecular flexibility index (Phi) is 3.83. The SMILES string of the molecule is O=C(NCc1ccccc1)c1ccc(-c2noc(C3CC3)n2)cc1. The fraction of sp³-hybridized carbons (Fsp3) is 0.211. The predicted molar refractivity (Wildman–Crippen MR) is 89.3 cm³/mol. The molecule has 1 aromatic heterocycles. The number of rotatable bonds is 5. The monoisotopic (exact) mass is 319 g/mol. The maximum absolute atomic E-state index is 12.2. The van der Waals surface area contributed by atoms with Crippen molar-refractivity contribution in [3.8, 4) is 11.4 Å². The summed E-state index contributed by atoms with van der Waals surface area (Å²) in [5.41, 5.74) is 2.53. The first-order valence-electron chi connectivity index (χ1n) is 8.06. The Balaban J connectivity index is 1.41. The number of nitrogens with one attached hydrogen (secondary N) is 1. The molecule has 120 valence electrons. The van der Waals surface area contributed by atoms with Crippen molar-refractivity contribution in [1.29, 1.82) is 0 Å². The molecule has 5 nitrogen and oxygen atoms in total. The van der Waals surface area contributed by atoms with Crippen molar-refractivity contribution >= 4 is 5.91 Å². The van der Waals surface area contributed by atoms with Crippen LogP contribution in [0.3, 0.4) is 0 Å². The third-order valence-electron chi connectivity index (χ3n) is 4.07. The van der Waals surface area contributed by atoms with Gasteiger partial charge < -0.3 is 9.84 Å². The third-order valence-corrected chi connectivity index (χ3v) is 4.07. The van der Waals surface area contributed by atoms with Crippen molar-refractivity contribution in [3.63, 3.8) is 0 Å². The van der Waals surface area contributed by atoms with Crippen LogP contribution in [0.1, 0.15) is 40.6 Å². The minimum Gasteiger partial charge on any atom is -0.348 e. The van der Waals surface area contributed by atoms with Gasteiger partial charge in [-0.15, -0.1) is 0 Å². The summed E-state index contributed by atoms with van der Waals surface area (Å²) in [6, 6.07) is 17.1. The number of benzene rings is 2. The average molecular weight is 319 g/mol. The fourth-order valence-corrected chi connectivity index (χ4v) is 2.50. The Bertz CT molecular complexity index is 837. The Morgan fingerprint density at radius 3 is 2.54 bits per heavy atom. The molecule has 1 aliphatic carbocycles. The van der Waals surface area contributed by atoms with Gasteiger partial charge in [0, 0.05) is 23.6 Å². The molecular weight excluding hydrogens is 302 g/mol. The Labute approximate surface area is 139 Å². The molecule has 3 aromatic rings. The van der Waals surface area contributed by atoms with Gasteiger partial charge in [-0.25, -0.2) is 0 Å². The minimum absolute atomic E-state index is 0.0998. The molecule has 5 heteroatoms. The molecule has 1 heterocycles. The van der Waals surface area contributed by atoms with E-state index in [1.807, 2.05) is 42.5 Å². The second-order valence-electron chi connectivity index (χ2n) is 5.98. The van der Waals surface area contributed by atoms with Crippen LogP contribution in [-0.4, -0.2) is 16.0 Å². The second-order valence-corrected chi connectivity index (χ2v) is 5.98. The van der Waals surface area contributed by atoms with E-state index in [9.17, 15) is 4.79 Å². The van der Waals surface area contributed by atoms with Gasteiger partial charge in [0.15, 0.2) is 0 Å². The summed E-state index contributed by atoms with van der Waals surface area (Å²) in [7, 11) is 0. The Morgan fingerprint density at radius 2 is 1.83 bits per heavy atom. The van der Waals surface area contributed by atoms with Crippen molar-refractivity contribution in [3.05, 3.63) is 71.6 Å². The van der Waals surface area contributed by atoms with Gasteiger partial charge in [-0.1, -0.05) is 47.6 Å². The van der Waals surface area contributed by atoms with Gasteiger partial charge in [0.2, 0.25) is 11.7 Å². The van der Waals surface area contributed by atoms with Crippen LogP contribution in [0, 0.1) is 0 Å². The van der Waals surface area contributed by atoms with E-state index in [2.05, 4.69) is 15.5 Å². The summed E-state index contributed by atoms with van der Waals surface area (Å²) in [5.74, 6) is 1.63. The van der Waals surface area contributed by atoms with Gasteiger partial charge in [-0.2, -0.15) is 4.98 Å². The molecule has 24 heavy (non-hydrogen) atoms. The van der Waals surface area contributed by atoms with Gasteiger partial charge in [0.05, 0.1) is 0 Å². The number of hydrogen-bond acceptors (Lipinski definition) is 4. The number of aromatic nitrogens is 2. The van der Waals surface area contributed by atoms with Crippen molar-refractivity contribution in [2.45, 2.75) is 25.3 Å². The summed E-state index contributed by atoms with van der Waals surface area (Å²) < 4.78 is 5.27. The molecule has 0 radical (unpaired) electrons. The standard InChI is InChI=1S/C19H17N3O2/c23-18(20-12-13-4-2-1-3-5-13)15-8-6-14(7-9-15)17-21-19(24-22-17)16-10-11-16/h1-9,16H,10-12H2,(H,20,23). The van der Waals surface area contributed by atoms with E-state index in [0.717, 1.165) is 29.9 Å². The maximum atomic E-state index is 12.2. The molecule has 1 fully saturated rings. The molecule has 0 spiro atoms. The number of carbonyl (C=O) groups excluding carboxylic acids is 1. The van der Waals surface area contributed by atoms with E-state index in [1.165, 1.54) is 0 Å². The van der Waals surface area contributed by atoms with Crippen LogP contribution in [-0.2, 0) is 6.54 Å². The number of hydrogen-bond donors (Lipinski definition) is 1. The molecule has 1 amide bonds. The van der Waals surface area contributed by atoms with Crippen LogP contribution in [0.15, 0.2) is 59.1 Å². The highest BCUT2D eigenvalue weighted by Gasteiger charge is 2.29. The zero-order chi connectivity index (χ0) is 16.4. The lowest BCUT2D eigenvalue weighted by Crippen LogP contribution is -2.22. The molecule has 0 bridgehead atoms. The first-order valence-corrected chi connectivity index (χ1v) is 8.06. The maximum Gasteiger partial charge on any atom is 0.251 e. The molecule has 2 aromatic carbocycles. The predicted octanol–water partition coefficient (Wildman–Crippen LogP) is 3.54. The summed E-state index contributed by atoms with van der Waals surface area (Å²) in [6.07, 6.45) is 2.25. The molecule has 0 saturated heterocycles. The molecule has 0 atom stereocenters. The van der Waals surface area contributed by atoms with Crippen molar-refractivity contribution in [1.82, 2.24) is 15.5 Å². The highest BCUT2D eigenvalue weighted by Crippen LogP contribution is 2.39. The lowest BCUT2D eigenvalue weighted by Gasteiger charge is -2.05. The van der Waals surface area contributed by atoms with Crippen molar-refractivity contribution in [2.24, 2.45) is 0 Å².